The Morgan fingerprint density at radius 1 is 1.16 bits per heavy atom. The minimum Gasteiger partial charge on any atom is -0.377 e. The van der Waals surface area contributed by atoms with Crippen molar-refractivity contribution in [2.24, 2.45) is 0 Å². The highest BCUT2D eigenvalue weighted by molar-refractivity contribution is 5.97. The molecule has 1 heterocycles. The van der Waals surface area contributed by atoms with Gasteiger partial charge in [-0.2, -0.15) is 0 Å². The second kappa shape index (κ2) is 7.94. The first kappa shape index (κ1) is 17.2. The van der Waals surface area contributed by atoms with E-state index >= 15 is 0 Å². The second-order valence-corrected chi connectivity index (χ2v) is 5.98. The molecule has 130 valence electrons. The normalized spacial score (nSPS) is 17.2. The second-order valence-electron chi connectivity index (χ2n) is 5.98. The molecule has 0 saturated carbocycles. The molecule has 1 unspecified atom stereocenters. The lowest BCUT2D eigenvalue weighted by atomic mass is 10.0. The third-order valence-corrected chi connectivity index (χ3v) is 4.29. The fourth-order valence-corrected chi connectivity index (χ4v) is 2.94. The summed E-state index contributed by atoms with van der Waals surface area (Å²) in [5.74, 6) is -0.122. The van der Waals surface area contributed by atoms with Crippen molar-refractivity contribution >= 4 is 17.5 Å². The predicted molar refractivity (Wildman–Crippen MR) is 96.4 cm³/mol. The van der Waals surface area contributed by atoms with Gasteiger partial charge in [0.25, 0.3) is 5.91 Å². The Morgan fingerprint density at radius 3 is 2.72 bits per heavy atom. The number of ether oxygens (including phenoxy) is 1. The number of nitrogens with zero attached hydrogens (tertiary/aromatic N) is 1. The highest BCUT2D eigenvalue weighted by Crippen LogP contribution is 2.26. The van der Waals surface area contributed by atoms with Gasteiger partial charge >= 0.3 is 0 Å². The number of benzene rings is 2. The van der Waals surface area contributed by atoms with Crippen LogP contribution in [-0.4, -0.2) is 36.5 Å². The number of hydrogen-bond donors (Lipinski definition) is 1. The molecule has 0 bridgehead atoms. The van der Waals surface area contributed by atoms with Crippen LogP contribution in [0, 0.1) is 0 Å². The summed E-state index contributed by atoms with van der Waals surface area (Å²) in [6.45, 7) is 3.36. The quantitative estimate of drug-likeness (QED) is 0.931. The molecule has 0 radical (unpaired) electrons. The van der Waals surface area contributed by atoms with Crippen LogP contribution in [0.5, 0.6) is 0 Å². The molecule has 3 rings (SSSR count). The molecule has 2 aromatic rings. The highest BCUT2D eigenvalue weighted by atomic mass is 16.5. The van der Waals surface area contributed by atoms with E-state index in [0.717, 1.165) is 5.56 Å². The van der Waals surface area contributed by atoms with Crippen molar-refractivity contribution in [3.8, 4) is 0 Å². The Bertz CT molecular complexity index is 746. The van der Waals surface area contributed by atoms with Crippen LogP contribution in [0.3, 0.4) is 0 Å². The van der Waals surface area contributed by atoms with Crippen LogP contribution in [0.2, 0.25) is 0 Å². The van der Waals surface area contributed by atoms with E-state index in [-0.39, 0.29) is 17.9 Å². The molecule has 0 spiro atoms. The van der Waals surface area contributed by atoms with Crippen molar-refractivity contribution in [1.82, 2.24) is 4.90 Å². The summed E-state index contributed by atoms with van der Waals surface area (Å²) in [7, 11) is 0. The van der Waals surface area contributed by atoms with E-state index in [0.29, 0.717) is 37.4 Å². The molecular weight excluding hydrogens is 316 g/mol. The van der Waals surface area contributed by atoms with E-state index in [9.17, 15) is 9.59 Å². The zero-order valence-corrected chi connectivity index (χ0v) is 14.3. The number of carbonyl (C=O) groups is 2. The summed E-state index contributed by atoms with van der Waals surface area (Å²) in [6.07, 6.45) is 0.401. The molecule has 1 saturated heterocycles. The summed E-state index contributed by atoms with van der Waals surface area (Å²) in [5.41, 5.74) is 2.27. The summed E-state index contributed by atoms with van der Waals surface area (Å²) in [5, 5.41) is 2.80. The van der Waals surface area contributed by atoms with Crippen molar-refractivity contribution < 1.29 is 14.3 Å². The molecular formula is C20H22N2O3. The van der Waals surface area contributed by atoms with Crippen molar-refractivity contribution in [2.75, 3.05) is 25.1 Å². The van der Waals surface area contributed by atoms with Crippen molar-refractivity contribution in [2.45, 2.75) is 19.4 Å². The van der Waals surface area contributed by atoms with Gasteiger partial charge in [-0.15, -0.1) is 0 Å². The molecule has 1 N–H and O–H groups in total. The minimum atomic E-state index is -0.101. The molecule has 1 aliphatic heterocycles. The van der Waals surface area contributed by atoms with Crippen LogP contribution in [0.25, 0.3) is 0 Å². The van der Waals surface area contributed by atoms with Gasteiger partial charge in [0.2, 0.25) is 5.91 Å². The van der Waals surface area contributed by atoms with Crippen LogP contribution in [0.1, 0.15) is 35.3 Å². The SMILES string of the molecule is CCC(=O)Nc1cccc(C(=O)N2CCOCC2c2ccccc2)c1. The van der Waals surface area contributed by atoms with Gasteiger partial charge in [0.1, 0.15) is 0 Å². The van der Waals surface area contributed by atoms with Gasteiger partial charge in [-0.3, -0.25) is 9.59 Å². The van der Waals surface area contributed by atoms with Crippen LogP contribution < -0.4 is 5.32 Å². The fraction of sp³-hybridized carbons (Fsp3) is 0.300. The zero-order chi connectivity index (χ0) is 17.6. The van der Waals surface area contributed by atoms with Gasteiger partial charge in [0, 0.05) is 24.2 Å². The number of rotatable bonds is 4. The maximum Gasteiger partial charge on any atom is 0.254 e. The standard InChI is InChI=1S/C20H22N2O3/c1-2-19(23)21-17-10-6-9-16(13-17)20(24)22-11-12-25-14-18(22)15-7-4-3-5-8-15/h3-10,13,18H,2,11-12,14H2,1H3,(H,21,23). The first-order chi connectivity index (χ1) is 12.2. The van der Waals surface area contributed by atoms with Gasteiger partial charge in [-0.25, -0.2) is 0 Å². The Hall–Kier alpha value is -2.66. The lowest BCUT2D eigenvalue weighted by Gasteiger charge is -2.36. The Kier molecular flexibility index (Phi) is 5.46. The highest BCUT2D eigenvalue weighted by Gasteiger charge is 2.29. The third-order valence-electron chi connectivity index (χ3n) is 4.29. The van der Waals surface area contributed by atoms with Crippen LogP contribution >= 0.6 is 0 Å². The molecule has 2 aromatic carbocycles. The summed E-state index contributed by atoms with van der Waals surface area (Å²) < 4.78 is 5.59. The summed E-state index contributed by atoms with van der Waals surface area (Å²) >= 11 is 0. The first-order valence-corrected chi connectivity index (χ1v) is 8.52. The lowest BCUT2D eigenvalue weighted by molar-refractivity contribution is -0.115. The minimum absolute atomic E-state index is 0.0512. The molecule has 5 heteroatoms. The smallest absolute Gasteiger partial charge is 0.254 e. The average molecular weight is 338 g/mol. The van der Waals surface area contributed by atoms with Crippen molar-refractivity contribution in [3.05, 3.63) is 65.7 Å². The summed E-state index contributed by atoms with van der Waals surface area (Å²) in [4.78, 5) is 26.5. The third kappa shape index (κ3) is 4.06. The van der Waals surface area contributed by atoms with Crippen LogP contribution in [-0.2, 0) is 9.53 Å². The molecule has 1 fully saturated rings. The molecule has 25 heavy (non-hydrogen) atoms. The van der Waals surface area contributed by atoms with E-state index in [2.05, 4.69) is 5.32 Å². The summed E-state index contributed by atoms with van der Waals surface area (Å²) in [6, 6.07) is 16.9. The molecule has 2 amide bonds. The fourth-order valence-electron chi connectivity index (χ4n) is 2.94. The lowest BCUT2D eigenvalue weighted by Crippen LogP contribution is -2.43. The van der Waals surface area contributed by atoms with Gasteiger partial charge in [-0.1, -0.05) is 43.3 Å². The molecule has 1 atom stereocenters. The monoisotopic (exact) mass is 338 g/mol. The van der Waals surface area contributed by atoms with Gasteiger partial charge in [-0.05, 0) is 23.8 Å². The van der Waals surface area contributed by atoms with E-state index in [4.69, 9.17) is 4.74 Å². The zero-order valence-electron chi connectivity index (χ0n) is 14.3. The van der Waals surface area contributed by atoms with Crippen molar-refractivity contribution in [1.29, 1.82) is 0 Å². The number of anilines is 1. The van der Waals surface area contributed by atoms with Gasteiger partial charge in [0.15, 0.2) is 0 Å². The average Bonchev–Trinajstić information content (AvgIpc) is 2.68. The van der Waals surface area contributed by atoms with Gasteiger partial charge in [0.05, 0.1) is 19.3 Å². The maximum atomic E-state index is 13.0. The van der Waals surface area contributed by atoms with Crippen LogP contribution in [0.4, 0.5) is 5.69 Å². The molecule has 5 nitrogen and oxygen atoms in total. The number of nitrogens with one attached hydrogen (secondary N) is 1. The van der Waals surface area contributed by atoms with E-state index in [1.54, 1.807) is 31.2 Å². The predicted octanol–water partition coefficient (Wildman–Crippen LogP) is 3.25. The molecule has 1 aliphatic rings. The Morgan fingerprint density at radius 2 is 1.96 bits per heavy atom. The Labute approximate surface area is 147 Å². The van der Waals surface area contributed by atoms with Crippen LogP contribution in [0.15, 0.2) is 54.6 Å². The number of carbonyl (C=O) groups excluding carboxylic acids is 2. The Balaban J connectivity index is 1.83. The van der Waals surface area contributed by atoms with E-state index in [1.165, 1.54) is 0 Å². The van der Waals surface area contributed by atoms with E-state index in [1.807, 2.05) is 35.2 Å². The van der Waals surface area contributed by atoms with Gasteiger partial charge < -0.3 is 15.0 Å². The largest absolute Gasteiger partial charge is 0.377 e. The molecule has 0 aromatic heterocycles. The van der Waals surface area contributed by atoms with E-state index < -0.39 is 0 Å². The maximum absolute atomic E-state index is 13.0. The topological polar surface area (TPSA) is 58.6 Å². The number of hydrogen-bond acceptors (Lipinski definition) is 3. The van der Waals surface area contributed by atoms with Crippen molar-refractivity contribution in [3.63, 3.8) is 0 Å². The number of amides is 2. The first-order valence-electron chi connectivity index (χ1n) is 8.52. The molecule has 0 aliphatic carbocycles. The number of morpholine rings is 1.